The van der Waals surface area contributed by atoms with Crippen LogP contribution >= 0.6 is 0 Å². The highest BCUT2D eigenvalue weighted by Crippen LogP contribution is 2.20. The number of hydrogen-bond donors (Lipinski definition) is 2. The molecule has 2 N–H and O–H groups in total. The fraction of sp³-hybridized carbons (Fsp3) is 0.294. The predicted molar refractivity (Wildman–Crippen MR) is 88.4 cm³/mol. The Hall–Kier alpha value is -2.40. The standard InChI is InChI=1S/C17H20N4O/c1-21(2)14-5-3-13(4-6-14)20-17(22)16-11-19-10-12-9-18-8-7-15(12)16/h3-6,10-11,18H,7-9H2,1-2H3,(H,20,22). The average Bonchev–Trinajstić information content (AvgIpc) is 2.54. The molecule has 3 rings (SSSR count). The van der Waals surface area contributed by atoms with Gasteiger partial charge in [0.1, 0.15) is 0 Å². The second-order valence-corrected chi connectivity index (χ2v) is 5.65. The predicted octanol–water partition coefficient (Wildman–Crippen LogP) is 2.05. The molecule has 1 aliphatic heterocycles. The van der Waals surface area contributed by atoms with Gasteiger partial charge in [0, 0.05) is 44.4 Å². The maximum absolute atomic E-state index is 12.5. The summed E-state index contributed by atoms with van der Waals surface area (Å²) in [7, 11) is 3.98. The fourth-order valence-corrected chi connectivity index (χ4v) is 2.65. The molecule has 1 aromatic heterocycles. The molecule has 0 fully saturated rings. The van der Waals surface area contributed by atoms with Crippen LogP contribution in [0.1, 0.15) is 21.5 Å². The third-order valence-electron chi connectivity index (χ3n) is 3.90. The largest absolute Gasteiger partial charge is 0.378 e. The summed E-state index contributed by atoms with van der Waals surface area (Å²) in [5, 5.41) is 6.25. The van der Waals surface area contributed by atoms with Crippen LogP contribution in [0.2, 0.25) is 0 Å². The van der Waals surface area contributed by atoms with E-state index in [9.17, 15) is 4.79 Å². The van der Waals surface area contributed by atoms with Crippen molar-refractivity contribution in [2.24, 2.45) is 0 Å². The Morgan fingerprint density at radius 1 is 1.23 bits per heavy atom. The summed E-state index contributed by atoms with van der Waals surface area (Å²) >= 11 is 0. The number of nitrogens with one attached hydrogen (secondary N) is 2. The lowest BCUT2D eigenvalue weighted by molar-refractivity contribution is 0.102. The van der Waals surface area contributed by atoms with Crippen LogP contribution in [-0.4, -0.2) is 31.5 Å². The first-order valence-corrected chi connectivity index (χ1v) is 7.40. The SMILES string of the molecule is CN(C)c1ccc(NC(=O)c2cncc3c2CCNC3)cc1. The van der Waals surface area contributed by atoms with Gasteiger partial charge in [-0.3, -0.25) is 9.78 Å². The van der Waals surface area contributed by atoms with Crippen molar-refractivity contribution in [2.75, 3.05) is 30.9 Å². The maximum atomic E-state index is 12.5. The Balaban J connectivity index is 1.80. The summed E-state index contributed by atoms with van der Waals surface area (Å²) in [4.78, 5) is 18.7. The lowest BCUT2D eigenvalue weighted by Crippen LogP contribution is -2.27. The third-order valence-corrected chi connectivity index (χ3v) is 3.90. The summed E-state index contributed by atoms with van der Waals surface area (Å²) in [5.74, 6) is -0.0937. The molecule has 0 unspecified atom stereocenters. The summed E-state index contributed by atoms with van der Waals surface area (Å²) in [6, 6.07) is 7.80. The van der Waals surface area contributed by atoms with Gasteiger partial charge in [-0.1, -0.05) is 0 Å². The van der Waals surface area contributed by atoms with Crippen molar-refractivity contribution < 1.29 is 4.79 Å². The molecular formula is C17H20N4O. The van der Waals surface area contributed by atoms with Crippen molar-refractivity contribution in [2.45, 2.75) is 13.0 Å². The summed E-state index contributed by atoms with van der Waals surface area (Å²) in [6.45, 7) is 1.68. The molecule has 1 aliphatic rings. The molecule has 0 spiro atoms. The number of fused-ring (bicyclic) bond motifs is 1. The van der Waals surface area contributed by atoms with Crippen LogP contribution in [0.5, 0.6) is 0 Å². The number of nitrogens with zero attached hydrogens (tertiary/aromatic N) is 2. The number of aromatic nitrogens is 1. The molecule has 0 aliphatic carbocycles. The molecular weight excluding hydrogens is 276 g/mol. The molecule has 5 heteroatoms. The summed E-state index contributed by atoms with van der Waals surface area (Å²) in [6.07, 6.45) is 4.36. The van der Waals surface area contributed by atoms with Gasteiger partial charge < -0.3 is 15.5 Å². The van der Waals surface area contributed by atoms with Crippen LogP contribution in [0.3, 0.4) is 0 Å². The van der Waals surface area contributed by atoms with Crippen molar-refractivity contribution in [3.05, 3.63) is 53.3 Å². The highest BCUT2D eigenvalue weighted by atomic mass is 16.1. The van der Waals surface area contributed by atoms with Gasteiger partial charge in [0.25, 0.3) is 5.91 Å². The maximum Gasteiger partial charge on any atom is 0.257 e. The monoisotopic (exact) mass is 296 g/mol. The Morgan fingerprint density at radius 3 is 2.73 bits per heavy atom. The van der Waals surface area contributed by atoms with Gasteiger partial charge in [-0.25, -0.2) is 0 Å². The second-order valence-electron chi connectivity index (χ2n) is 5.65. The van der Waals surface area contributed by atoms with Crippen LogP contribution < -0.4 is 15.5 Å². The van der Waals surface area contributed by atoms with Gasteiger partial charge in [0.05, 0.1) is 5.56 Å². The lowest BCUT2D eigenvalue weighted by Gasteiger charge is -2.19. The molecule has 2 heterocycles. The number of anilines is 2. The Bertz CT molecular complexity index is 680. The molecule has 2 aromatic rings. The van der Waals surface area contributed by atoms with Crippen molar-refractivity contribution in [3.8, 4) is 0 Å². The summed E-state index contributed by atoms with van der Waals surface area (Å²) < 4.78 is 0. The molecule has 22 heavy (non-hydrogen) atoms. The number of amides is 1. The van der Waals surface area contributed by atoms with Crippen LogP contribution in [-0.2, 0) is 13.0 Å². The first-order chi connectivity index (χ1) is 10.6. The van der Waals surface area contributed by atoms with Crippen LogP contribution in [0.4, 0.5) is 11.4 Å². The minimum Gasteiger partial charge on any atom is -0.378 e. The normalized spacial score (nSPS) is 13.4. The zero-order valence-electron chi connectivity index (χ0n) is 12.9. The van der Waals surface area contributed by atoms with Gasteiger partial charge in [0.15, 0.2) is 0 Å². The van der Waals surface area contributed by atoms with E-state index in [4.69, 9.17) is 0 Å². The van der Waals surface area contributed by atoms with Gasteiger partial charge in [0.2, 0.25) is 0 Å². The molecule has 0 saturated carbocycles. The average molecular weight is 296 g/mol. The molecule has 114 valence electrons. The van der Waals surface area contributed by atoms with Crippen LogP contribution in [0, 0.1) is 0 Å². The van der Waals surface area contributed by atoms with Gasteiger partial charge in [-0.15, -0.1) is 0 Å². The number of carbonyl (C=O) groups is 1. The molecule has 0 bridgehead atoms. The number of benzene rings is 1. The van der Waals surface area contributed by atoms with Gasteiger partial charge >= 0.3 is 0 Å². The number of hydrogen-bond acceptors (Lipinski definition) is 4. The molecule has 0 atom stereocenters. The van der Waals surface area contributed by atoms with E-state index in [-0.39, 0.29) is 5.91 Å². The Kier molecular flexibility index (Phi) is 4.06. The highest BCUT2D eigenvalue weighted by molar-refractivity contribution is 6.05. The van der Waals surface area contributed by atoms with Crippen molar-refractivity contribution in [1.82, 2.24) is 10.3 Å². The van der Waals surface area contributed by atoms with Crippen LogP contribution in [0.25, 0.3) is 0 Å². The van der Waals surface area contributed by atoms with Crippen molar-refractivity contribution in [3.63, 3.8) is 0 Å². The zero-order chi connectivity index (χ0) is 15.5. The van der Waals surface area contributed by atoms with E-state index in [1.807, 2.05) is 49.5 Å². The Morgan fingerprint density at radius 2 is 2.00 bits per heavy atom. The first kappa shape index (κ1) is 14.5. The smallest absolute Gasteiger partial charge is 0.257 e. The van der Waals surface area contributed by atoms with Crippen molar-refractivity contribution in [1.29, 1.82) is 0 Å². The molecule has 1 amide bonds. The Labute approximate surface area is 130 Å². The van der Waals surface area contributed by atoms with E-state index in [1.54, 1.807) is 6.20 Å². The molecule has 0 radical (unpaired) electrons. The number of carbonyl (C=O) groups excluding carboxylic acids is 1. The third kappa shape index (κ3) is 2.94. The van der Waals surface area contributed by atoms with Crippen LogP contribution in [0.15, 0.2) is 36.7 Å². The minimum atomic E-state index is -0.0937. The quantitative estimate of drug-likeness (QED) is 0.910. The highest BCUT2D eigenvalue weighted by Gasteiger charge is 2.18. The fourth-order valence-electron chi connectivity index (χ4n) is 2.65. The topological polar surface area (TPSA) is 57.3 Å². The minimum absolute atomic E-state index is 0.0937. The zero-order valence-corrected chi connectivity index (χ0v) is 12.9. The molecule has 5 nitrogen and oxygen atoms in total. The summed E-state index contributed by atoms with van der Waals surface area (Å²) in [5.41, 5.74) is 4.79. The van der Waals surface area contributed by atoms with E-state index < -0.39 is 0 Å². The molecule has 0 saturated heterocycles. The van der Waals surface area contributed by atoms with Crippen molar-refractivity contribution >= 4 is 17.3 Å². The van der Waals surface area contributed by atoms with E-state index in [0.29, 0.717) is 5.56 Å². The van der Waals surface area contributed by atoms with E-state index >= 15 is 0 Å². The van der Waals surface area contributed by atoms with E-state index in [0.717, 1.165) is 42.0 Å². The number of rotatable bonds is 3. The second kappa shape index (κ2) is 6.15. The van der Waals surface area contributed by atoms with Gasteiger partial charge in [-0.05, 0) is 48.4 Å². The molecule has 1 aromatic carbocycles. The van der Waals surface area contributed by atoms with E-state index in [1.165, 1.54) is 0 Å². The first-order valence-electron chi connectivity index (χ1n) is 7.40. The van der Waals surface area contributed by atoms with E-state index in [2.05, 4.69) is 15.6 Å². The lowest BCUT2D eigenvalue weighted by atomic mass is 9.98. The van der Waals surface area contributed by atoms with Gasteiger partial charge in [-0.2, -0.15) is 0 Å². The number of pyridine rings is 1.